The minimum atomic E-state index is -5.39. The average molecular weight is 330 g/mol. The van der Waals surface area contributed by atoms with E-state index in [1.807, 2.05) is 0 Å². The van der Waals surface area contributed by atoms with Crippen molar-refractivity contribution < 1.29 is 21.6 Å². The molecule has 0 unspecified atom stereocenters. The Labute approximate surface area is 121 Å². The van der Waals surface area contributed by atoms with Crippen molar-refractivity contribution in [2.45, 2.75) is 36.2 Å². The second-order valence-electron chi connectivity index (χ2n) is 4.89. The third kappa shape index (κ3) is 3.79. The quantitative estimate of drug-likeness (QED) is 0.836. The molecule has 0 fully saturated rings. The summed E-state index contributed by atoms with van der Waals surface area (Å²) < 4.78 is 61.0. The largest absolute Gasteiger partial charge is 0.501 e. The molecule has 1 N–H and O–H groups in total. The smallest absolute Gasteiger partial charge is 0.379 e. The summed E-state index contributed by atoms with van der Waals surface area (Å²) in [5, 5.41) is 2.80. The minimum absolute atomic E-state index is 0.0834. The van der Waals surface area contributed by atoms with E-state index in [0.717, 1.165) is 6.07 Å². The van der Waals surface area contributed by atoms with Crippen LogP contribution in [0.25, 0.3) is 0 Å². The summed E-state index contributed by atoms with van der Waals surface area (Å²) in [4.78, 5) is -0.782. The number of sulfone groups is 1. The standard InChI is InChI=1S/C12H15ClF3NO2S/c1-11(2,7-8-13)17-9-5-3-4-6-10(9)20(18,19)12(14,15)16/h3-6,17H,7-8H2,1-2H3. The Morgan fingerprint density at radius 3 is 2.25 bits per heavy atom. The Kier molecular flexibility index (Phi) is 4.97. The number of anilines is 1. The van der Waals surface area contributed by atoms with Crippen molar-refractivity contribution in [3.8, 4) is 0 Å². The van der Waals surface area contributed by atoms with Gasteiger partial charge in [0.1, 0.15) is 0 Å². The average Bonchev–Trinajstić information content (AvgIpc) is 2.27. The Morgan fingerprint density at radius 1 is 1.20 bits per heavy atom. The number of hydrogen-bond donors (Lipinski definition) is 1. The van der Waals surface area contributed by atoms with E-state index in [2.05, 4.69) is 5.32 Å². The fraction of sp³-hybridized carbons (Fsp3) is 0.500. The van der Waals surface area contributed by atoms with Gasteiger partial charge in [-0.25, -0.2) is 8.42 Å². The first kappa shape index (κ1) is 17.1. The molecule has 3 nitrogen and oxygen atoms in total. The molecule has 8 heteroatoms. The van der Waals surface area contributed by atoms with Crippen LogP contribution in [-0.4, -0.2) is 25.3 Å². The SMILES string of the molecule is CC(C)(CCCl)Nc1ccccc1S(=O)(=O)C(F)(F)F. The van der Waals surface area contributed by atoms with E-state index in [1.54, 1.807) is 13.8 Å². The van der Waals surface area contributed by atoms with Crippen LogP contribution < -0.4 is 5.32 Å². The Balaban J connectivity index is 3.26. The molecule has 1 aromatic carbocycles. The molecule has 20 heavy (non-hydrogen) atoms. The number of hydrogen-bond acceptors (Lipinski definition) is 3. The second-order valence-corrected chi connectivity index (χ2v) is 7.18. The van der Waals surface area contributed by atoms with E-state index in [9.17, 15) is 21.6 Å². The Bertz CT molecular complexity index is 570. The van der Waals surface area contributed by atoms with E-state index in [0.29, 0.717) is 12.3 Å². The monoisotopic (exact) mass is 329 g/mol. The molecule has 1 rings (SSSR count). The van der Waals surface area contributed by atoms with Crippen molar-refractivity contribution in [1.82, 2.24) is 0 Å². The molecule has 0 saturated heterocycles. The lowest BCUT2D eigenvalue weighted by molar-refractivity contribution is -0.0435. The highest BCUT2D eigenvalue weighted by Crippen LogP contribution is 2.35. The van der Waals surface area contributed by atoms with Crippen molar-refractivity contribution in [1.29, 1.82) is 0 Å². The van der Waals surface area contributed by atoms with Crippen molar-refractivity contribution in [3.63, 3.8) is 0 Å². The van der Waals surface area contributed by atoms with Gasteiger partial charge in [-0.3, -0.25) is 0 Å². The minimum Gasteiger partial charge on any atom is -0.379 e. The van der Waals surface area contributed by atoms with Gasteiger partial charge < -0.3 is 5.32 Å². The van der Waals surface area contributed by atoms with Crippen LogP contribution >= 0.6 is 11.6 Å². The molecule has 0 bridgehead atoms. The van der Waals surface area contributed by atoms with Crippen LogP contribution in [-0.2, 0) is 9.84 Å². The molecule has 0 aliphatic heterocycles. The number of alkyl halides is 4. The lowest BCUT2D eigenvalue weighted by atomic mass is 10.0. The summed E-state index contributed by atoms with van der Waals surface area (Å²) in [6.07, 6.45) is 0.467. The second kappa shape index (κ2) is 5.81. The molecule has 114 valence electrons. The zero-order valence-corrected chi connectivity index (χ0v) is 12.5. The summed E-state index contributed by atoms with van der Waals surface area (Å²) in [6.45, 7) is 3.46. The molecule has 0 spiro atoms. The van der Waals surface area contributed by atoms with Gasteiger partial charge in [0.25, 0.3) is 9.84 Å². The van der Waals surface area contributed by atoms with Gasteiger partial charge >= 0.3 is 5.51 Å². The summed E-state index contributed by atoms with van der Waals surface area (Å²) in [5.74, 6) is 0.300. The normalized spacial score (nSPS) is 13.3. The van der Waals surface area contributed by atoms with Gasteiger partial charge in [0.15, 0.2) is 0 Å². The van der Waals surface area contributed by atoms with Crippen LogP contribution in [0.3, 0.4) is 0 Å². The third-order valence-electron chi connectivity index (χ3n) is 2.67. The van der Waals surface area contributed by atoms with Crippen molar-refractivity contribution in [2.24, 2.45) is 0 Å². The highest BCUT2D eigenvalue weighted by molar-refractivity contribution is 7.92. The maximum absolute atomic E-state index is 12.6. The molecule has 0 aliphatic carbocycles. The maximum Gasteiger partial charge on any atom is 0.501 e. The predicted octanol–water partition coefficient (Wildman–Crippen LogP) is 3.80. The first-order valence-corrected chi connectivity index (χ1v) is 7.77. The molecular formula is C12H15ClF3NO2S. The Hall–Kier alpha value is -0.950. The predicted molar refractivity (Wildman–Crippen MR) is 72.7 cm³/mol. The fourth-order valence-electron chi connectivity index (χ4n) is 1.59. The van der Waals surface area contributed by atoms with E-state index in [4.69, 9.17) is 11.6 Å². The maximum atomic E-state index is 12.6. The van der Waals surface area contributed by atoms with Crippen molar-refractivity contribution in [2.75, 3.05) is 11.2 Å². The molecule has 0 aliphatic rings. The van der Waals surface area contributed by atoms with Gasteiger partial charge in [0.2, 0.25) is 0 Å². The molecule has 1 aromatic rings. The van der Waals surface area contributed by atoms with Crippen molar-refractivity contribution in [3.05, 3.63) is 24.3 Å². The lowest BCUT2D eigenvalue weighted by Gasteiger charge is -2.28. The lowest BCUT2D eigenvalue weighted by Crippen LogP contribution is -2.33. The number of halogens is 4. The number of nitrogens with one attached hydrogen (secondary N) is 1. The first-order chi connectivity index (χ1) is 9.01. The van der Waals surface area contributed by atoms with E-state index in [-0.39, 0.29) is 5.69 Å². The molecule has 0 atom stereocenters. The highest BCUT2D eigenvalue weighted by atomic mass is 35.5. The van der Waals surface area contributed by atoms with Gasteiger partial charge in [0, 0.05) is 11.4 Å². The van der Waals surface area contributed by atoms with E-state index >= 15 is 0 Å². The highest BCUT2D eigenvalue weighted by Gasteiger charge is 2.48. The molecule has 0 amide bonds. The molecular weight excluding hydrogens is 315 g/mol. The number of para-hydroxylation sites is 1. The molecule has 0 heterocycles. The van der Waals surface area contributed by atoms with Gasteiger partial charge in [0.05, 0.1) is 10.6 Å². The van der Waals surface area contributed by atoms with Crippen LogP contribution in [0.5, 0.6) is 0 Å². The van der Waals surface area contributed by atoms with Crippen LogP contribution in [0.2, 0.25) is 0 Å². The van der Waals surface area contributed by atoms with E-state index < -0.39 is 25.8 Å². The molecule has 0 saturated carbocycles. The van der Waals surface area contributed by atoms with Gasteiger partial charge in [-0.05, 0) is 32.4 Å². The summed E-state index contributed by atoms with van der Waals surface area (Å²) >= 11 is 5.62. The number of benzene rings is 1. The third-order valence-corrected chi connectivity index (χ3v) is 4.41. The van der Waals surface area contributed by atoms with Crippen LogP contribution in [0.15, 0.2) is 29.2 Å². The first-order valence-electron chi connectivity index (χ1n) is 5.76. The van der Waals surface area contributed by atoms with Crippen molar-refractivity contribution >= 4 is 27.1 Å². The topological polar surface area (TPSA) is 46.2 Å². The van der Waals surface area contributed by atoms with Gasteiger partial charge in [-0.2, -0.15) is 13.2 Å². The van der Waals surface area contributed by atoms with Crippen LogP contribution in [0.1, 0.15) is 20.3 Å². The summed E-state index contributed by atoms with van der Waals surface area (Å²) in [7, 11) is -5.39. The van der Waals surface area contributed by atoms with Crippen LogP contribution in [0, 0.1) is 0 Å². The van der Waals surface area contributed by atoms with Gasteiger partial charge in [-0.15, -0.1) is 11.6 Å². The summed E-state index contributed by atoms with van der Waals surface area (Å²) in [5.41, 5.74) is -6.04. The zero-order valence-electron chi connectivity index (χ0n) is 11.0. The molecule has 0 aromatic heterocycles. The fourth-order valence-corrected chi connectivity index (χ4v) is 2.98. The molecule has 0 radical (unpaired) electrons. The van der Waals surface area contributed by atoms with Gasteiger partial charge in [-0.1, -0.05) is 12.1 Å². The number of rotatable bonds is 5. The zero-order chi connectivity index (χ0) is 15.6. The Morgan fingerprint density at radius 2 is 1.75 bits per heavy atom. The van der Waals surface area contributed by atoms with Crippen LogP contribution in [0.4, 0.5) is 18.9 Å². The summed E-state index contributed by atoms with van der Waals surface area (Å²) in [6, 6.07) is 4.95. The van der Waals surface area contributed by atoms with E-state index in [1.165, 1.54) is 18.2 Å².